The van der Waals surface area contributed by atoms with Crippen LogP contribution in [0.2, 0.25) is 0 Å². The zero-order chi connectivity index (χ0) is 13.0. The van der Waals surface area contributed by atoms with Gasteiger partial charge in [0, 0.05) is 18.2 Å². The lowest BCUT2D eigenvalue weighted by Crippen LogP contribution is -2.29. The fraction of sp³-hybridized carbons (Fsp3) is 0.154. The Morgan fingerprint density at radius 2 is 2.11 bits per heavy atom. The topological polar surface area (TPSA) is 56.2 Å². The zero-order valence-electron chi connectivity index (χ0n) is 9.95. The van der Waals surface area contributed by atoms with Gasteiger partial charge < -0.3 is 4.74 Å². The smallest absolute Gasteiger partial charge is 0.367 e. The van der Waals surface area contributed by atoms with Crippen molar-refractivity contribution in [3.8, 4) is 5.88 Å². The molecular formula is C13H13N2O3+. The van der Waals surface area contributed by atoms with E-state index in [-0.39, 0.29) is 5.69 Å². The van der Waals surface area contributed by atoms with Crippen LogP contribution >= 0.6 is 0 Å². The van der Waals surface area contributed by atoms with Crippen molar-refractivity contribution in [2.24, 2.45) is 7.05 Å². The fourth-order valence-corrected chi connectivity index (χ4v) is 1.57. The Morgan fingerprint density at radius 1 is 1.28 bits per heavy atom. The van der Waals surface area contributed by atoms with Crippen LogP contribution in [0, 0.1) is 10.1 Å². The molecule has 18 heavy (non-hydrogen) atoms. The number of benzene rings is 1. The van der Waals surface area contributed by atoms with Gasteiger partial charge in [-0.2, -0.15) is 4.57 Å². The molecule has 0 N–H and O–H groups in total. The molecule has 0 spiro atoms. The van der Waals surface area contributed by atoms with E-state index in [9.17, 15) is 10.1 Å². The zero-order valence-corrected chi connectivity index (χ0v) is 9.95. The van der Waals surface area contributed by atoms with Gasteiger partial charge in [-0.25, -0.2) is 0 Å². The molecule has 5 heteroatoms. The summed E-state index contributed by atoms with van der Waals surface area (Å²) in [5.74, 6) is 0.712. The normalized spacial score (nSPS) is 10.1. The minimum Gasteiger partial charge on any atom is -0.440 e. The third-order valence-corrected chi connectivity index (χ3v) is 2.52. The molecule has 0 aliphatic carbocycles. The van der Waals surface area contributed by atoms with E-state index >= 15 is 0 Å². The summed E-state index contributed by atoms with van der Waals surface area (Å²) in [4.78, 5) is 10.2. The molecule has 1 aromatic carbocycles. The van der Waals surface area contributed by atoms with E-state index in [1.165, 1.54) is 12.1 Å². The second-order valence-corrected chi connectivity index (χ2v) is 3.87. The van der Waals surface area contributed by atoms with Crippen LogP contribution in [-0.2, 0) is 13.7 Å². The Morgan fingerprint density at radius 3 is 2.83 bits per heavy atom. The molecule has 0 aliphatic rings. The van der Waals surface area contributed by atoms with E-state index in [1.54, 1.807) is 12.1 Å². The first-order valence-corrected chi connectivity index (χ1v) is 5.47. The van der Waals surface area contributed by atoms with Crippen LogP contribution in [0.15, 0.2) is 48.7 Å². The molecule has 0 atom stereocenters. The highest BCUT2D eigenvalue weighted by atomic mass is 16.6. The number of hydrogen-bond donors (Lipinski definition) is 0. The summed E-state index contributed by atoms with van der Waals surface area (Å²) in [7, 11) is 1.88. The number of non-ortho nitro benzene ring substituents is 1. The second kappa shape index (κ2) is 5.27. The van der Waals surface area contributed by atoms with Gasteiger partial charge in [-0.1, -0.05) is 12.1 Å². The lowest BCUT2D eigenvalue weighted by atomic mass is 10.2. The quantitative estimate of drug-likeness (QED) is 0.470. The molecule has 0 unspecified atom stereocenters. The molecule has 1 heterocycles. The van der Waals surface area contributed by atoms with Gasteiger partial charge in [0.2, 0.25) is 0 Å². The Hall–Kier alpha value is -2.43. The average Bonchev–Trinajstić information content (AvgIpc) is 2.38. The van der Waals surface area contributed by atoms with Gasteiger partial charge in [0.15, 0.2) is 6.20 Å². The summed E-state index contributed by atoms with van der Waals surface area (Å²) in [6.07, 6.45) is 1.88. The Labute approximate surface area is 104 Å². The van der Waals surface area contributed by atoms with E-state index in [1.807, 2.05) is 36.0 Å². The monoisotopic (exact) mass is 245 g/mol. The molecule has 0 saturated carbocycles. The third kappa shape index (κ3) is 2.82. The van der Waals surface area contributed by atoms with Gasteiger partial charge in [0.05, 0.1) is 11.0 Å². The maximum atomic E-state index is 10.6. The molecule has 0 saturated heterocycles. The maximum Gasteiger partial charge on any atom is 0.367 e. The number of rotatable bonds is 4. The summed E-state index contributed by atoms with van der Waals surface area (Å²) in [5.41, 5.74) is 0.849. The van der Waals surface area contributed by atoms with E-state index in [2.05, 4.69) is 0 Å². The third-order valence-electron chi connectivity index (χ3n) is 2.52. The van der Waals surface area contributed by atoms with Crippen molar-refractivity contribution < 1.29 is 14.2 Å². The van der Waals surface area contributed by atoms with Crippen LogP contribution in [0.3, 0.4) is 0 Å². The molecule has 0 bridgehead atoms. The molecule has 92 valence electrons. The minimum absolute atomic E-state index is 0.0773. The average molecular weight is 245 g/mol. The van der Waals surface area contributed by atoms with Gasteiger partial charge in [-0.05, 0) is 11.6 Å². The van der Waals surface area contributed by atoms with Gasteiger partial charge in [-0.3, -0.25) is 10.1 Å². The standard InChI is InChI=1S/C13H13N2O3/c1-14-8-3-2-7-13(14)18-10-11-5-4-6-12(9-11)15(16)17/h2-9H,10H2,1H3/q+1. The lowest BCUT2D eigenvalue weighted by Gasteiger charge is -2.03. The summed E-state index contributed by atoms with van der Waals surface area (Å²) in [6, 6.07) is 12.1. The number of aromatic nitrogens is 1. The highest BCUT2D eigenvalue weighted by Gasteiger charge is 2.08. The van der Waals surface area contributed by atoms with Crippen molar-refractivity contribution in [3.63, 3.8) is 0 Å². The highest BCUT2D eigenvalue weighted by molar-refractivity contribution is 5.34. The van der Waals surface area contributed by atoms with E-state index in [4.69, 9.17) is 4.74 Å². The van der Waals surface area contributed by atoms with E-state index in [0.29, 0.717) is 12.5 Å². The molecule has 2 aromatic rings. The molecule has 0 aliphatic heterocycles. The van der Waals surface area contributed by atoms with Crippen molar-refractivity contribution in [2.45, 2.75) is 6.61 Å². The summed E-state index contributed by atoms with van der Waals surface area (Å²) in [6.45, 7) is 0.305. The Balaban J connectivity index is 2.09. The predicted octanol–water partition coefficient (Wildman–Crippen LogP) is 2.00. The minimum atomic E-state index is -0.411. The van der Waals surface area contributed by atoms with Gasteiger partial charge in [0.25, 0.3) is 5.69 Å². The number of ether oxygens (including phenoxy) is 1. The molecule has 0 amide bonds. The number of nitro benzene ring substituents is 1. The maximum absolute atomic E-state index is 10.6. The number of nitro groups is 1. The number of hydrogen-bond acceptors (Lipinski definition) is 3. The Bertz CT molecular complexity index is 570. The lowest BCUT2D eigenvalue weighted by molar-refractivity contribution is -0.677. The van der Waals surface area contributed by atoms with Crippen molar-refractivity contribution in [1.29, 1.82) is 0 Å². The van der Waals surface area contributed by atoms with Gasteiger partial charge >= 0.3 is 5.88 Å². The SMILES string of the molecule is C[n+]1ccccc1OCc1cccc([N+](=O)[O-])c1. The molecule has 0 fully saturated rings. The first kappa shape index (κ1) is 12.0. The number of aryl methyl sites for hydroxylation is 1. The number of pyridine rings is 1. The van der Waals surface area contributed by atoms with Gasteiger partial charge in [-0.15, -0.1) is 0 Å². The van der Waals surface area contributed by atoms with Crippen LogP contribution in [0.4, 0.5) is 5.69 Å². The number of nitrogens with zero attached hydrogens (tertiary/aromatic N) is 2. The van der Waals surface area contributed by atoms with Crippen molar-refractivity contribution >= 4 is 5.69 Å². The van der Waals surface area contributed by atoms with Gasteiger partial charge in [0.1, 0.15) is 13.7 Å². The molecule has 0 radical (unpaired) electrons. The van der Waals surface area contributed by atoms with E-state index < -0.39 is 4.92 Å². The molecule has 2 rings (SSSR count). The first-order valence-electron chi connectivity index (χ1n) is 5.47. The Kier molecular flexibility index (Phi) is 3.52. The summed E-state index contributed by atoms with van der Waals surface area (Å²) in [5, 5.41) is 10.6. The predicted molar refractivity (Wildman–Crippen MR) is 65.0 cm³/mol. The van der Waals surface area contributed by atoms with Crippen LogP contribution in [0.5, 0.6) is 5.88 Å². The van der Waals surface area contributed by atoms with E-state index in [0.717, 1.165) is 5.56 Å². The van der Waals surface area contributed by atoms with Crippen molar-refractivity contribution in [3.05, 3.63) is 64.3 Å². The summed E-state index contributed by atoms with van der Waals surface area (Å²) >= 11 is 0. The highest BCUT2D eigenvalue weighted by Crippen LogP contribution is 2.14. The molecular weight excluding hydrogens is 232 g/mol. The van der Waals surface area contributed by atoms with Crippen LogP contribution in [-0.4, -0.2) is 4.92 Å². The largest absolute Gasteiger partial charge is 0.440 e. The molecule has 1 aromatic heterocycles. The van der Waals surface area contributed by atoms with Crippen LogP contribution in [0.1, 0.15) is 5.56 Å². The first-order chi connectivity index (χ1) is 8.66. The van der Waals surface area contributed by atoms with Crippen LogP contribution < -0.4 is 9.30 Å². The second-order valence-electron chi connectivity index (χ2n) is 3.87. The summed E-state index contributed by atoms with van der Waals surface area (Å²) < 4.78 is 7.44. The van der Waals surface area contributed by atoms with Crippen molar-refractivity contribution in [2.75, 3.05) is 0 Å². The van der Waals surface area contributed by atoms with Crippen molar-refractivity contribution in [1.82, 2.24) is 0 Å². The molecule has 5 nitrogen and oxygen atoms in total. The fourth-order valence-electron chi connectivity index (χ4n) is 1.57. The van der Waals surface area contributed by atoms with Crippen LogP contribution in [0.25, 0.3) is 0 Å².